The number of rotatable bonds is 2. The number of hydrogen-bond donors (Lipinski definition) is 0. The molecular weight excluding hydrogens is 342 g/mol. The third kappa shape index (κ3) is 3.12. The lowest BCUT2D eigenvalue weighted by atomic mass is 9.91. The van der Waals surface area contributed by atoms with E-state index in [-0.39, 0.29) is 5.91 Å². The van der Waals surface area contributed by atoms with Crippen molar-refractivity contribution in [3.63, 3.8) is 0 Å². The number of carbonyl (C=O) groups is 1. The van der Waals surface area contributed by atoms with Crippen molar-refractivity contribution in [2.24, 2.45) is 0 Å². The largest absolute Gasteiger partial charge is 0.338 e. The third-order valence-electron chi connectivity index (χ3n) is 5.30. The second-order valence-electron chi connectivity index (χ2n) is 7.12. The lowest BCUT2D eigenvalue weighted by Crippen LogP contribution is -2.38. The van der Waals surface area contributed by atoms with Gasteiger partial charge in [0.25, 0.3) is 5.91 Å². The summed E-state index contributed by atoms with van der Waals surface area (Å²) in [4.78, 5) is 24.6. The van der Waals surface area contributed by atoms with E-state index in [1.54, 1.807) is 0 Å². The summed E-state index contributed by atoms with van der Waals surface area (Å²) >= 11 is 1.50. The van der Waals surface area contributed by atoms with E-state index < -0.39 is 0 Å². The van der Waals surface area contributed by atoms with Crippen molar-refractivity contribution in [3.8, 4) is 0 Å². The van der Waals surface area contributed by atoms with E-state index in [0.717, 1.165) is 47.2 Å². The molecule has 1 aliphatic heterocycles. The van der Waals surface area contributed by atoms with Gasteiger partial charge in [-0.1, -0.05) is 18.2 Å². The van der Waals surface area contributed by atoms with Gasteiger partial charge in [-0.25, -0.2) is 4.98 Å². The van der Waals surface area contributed by atoms with Crippen LogP contribution >= 0.6 is 11.3 Å². The SMILES string of the molecule is Cc1nc(C)c(C(=O)N2CCC(c3cc4c(C)cccc4cn3)CC2)s1. The van der Waals surface area contributed by atoms with Crippen molar-refractivity contribution in [1.82, 2.24) is 14.9 Å². The van der Waals surface area contributed by atoms with E-state index in [4.69, 9.17) is 4.98 Å². The predicted molar refractivity (Wildman–Crippen MR) is 106 cm³/mol. The molecule has 0 unspecified atom stereocenters. The summed E-state index contributed by atoms with van der Waals surface area (Å²) in [6.07, 6.45) is 3.92. The quantitative estimate of drug-likeness (QED) is 0.665. The van der Waals surface area contributed by atoms with Crippen LogP contribution < -0.4 is 0 Å². The first-order valence-corrected chi connectivity index (χ1v) is 9.93. The van der Waals surface area contributed by atoms with E-state index >= 15 is 0 Å². The number of aromatic nitrogens is 2. The van der Waals surface area contributed by atoms with Gasteiger partial charge in [0, 0.05) is 36.3 Å². The van der Waals surface area contributed by atoms with Crippen LogP contribution in [0.3, 0.4) is 0 Å². The second kappa shape index (κ2) is 6.80. The summed E-state index contributed by atoms with van der Waals surface area (Å²) in [6, 6.07) is 8.57. The molecule has 134 valence electrons. The zero-order valence-corrected chi connectivity index (χ0v) is 16.3. The van der Waals surface area contributed by atoms with Crippen LogP contribution in [0.5, 0.6) is 0 Å². The number of amides is 1. The highest BCUT2D eigenvalue weighted by Crippen LogP contribution is 2.31. The Morgan fingerprint density at radius 1 is 1.19 bits per heavy atom. The van der Waals surface area contributed by atoms with Crippen molar-refractivity contribution >= 4 is 28.0 Å². The van der Waals surface area contributed by atoms with Crippen LogP contribution in [0.4, 0.5) is 0 Å². The number of pyridine rings is 1. The summed E-state index contributed by atoms with van der Waals surface area (Å²) in [5.74, 6) is 0.557. The fraction of sp³-hybridized carbons (Fsp3) is 0.381. The highest BCUT2D eigenvalue weighted by Gasteiger charge is 2.27. The lowest BCUT2D eigenvalue weighted by Gasteiger charge is -2.31. The van der Waals surface area contributed by atoms with Gasteiger partial charge in [-0.05, 0) is 50.6 Å². The molecule has 1 fully saturated rings. The average molecular weight is 366 g/mol. The van der Waals surface area contributed by atoms with Crippen molar-refractivity contribution in [2.75, 3.05) is 13.1 Å². The first kappa shape index (κ1) is 17.2. The minimum atomic E-state index is 0.133. The van der Waals surface area contributed by atoms with Crippen LogP contribution in [0.15, 0.2) is 30.5 Å². The molecule has 0 bridgehead atoms. The number of piperidine rings is 1. The Morgan fingerprint density at radius 2 is 1.96 bits per heavy atom. The van der Waals surface area contributed by atoms with Gasteiger partial charge in [0.1, 0.15) is 4.88 Å². The minimum Gasteiger partial charge on any atom is -0.338 e. The summed E-state index contributed by atoms with van der Waals surface area (Å²) in [5.41, 5.74) is 3.30. The van der Waals surface area contributed by atoms with Crippen LogP contribution in [0, 0.1) is 20.8 Å². The average Bonchev–Trinajstić information content (AvgIpc) is 2.99. The van der Waals surface area contributed by atoms with E-state index in [2.05, 4.69) is 36.2 Å². The van der Waals surface area contributed by atoms with E-state index in [1.807, 2.05) is 24.9 Å². The Kier molecular flexibility index (Phi) is 4.49. The fourth-order valence-electron chi connectivity index (χ4n) is 3.82. The Morgan fingerprint density at radius 3 is 2.65 bits per heavy atom. The lowest BCUT2D eigenvalue weighted by molar-refractivity contribution is 0.0716. The number of aryl methyl sites for hydroxylation is 3. The maximum Gasteiger partial charge on any atom is 0.265 e. The van der Waals surface area contributed by atoms with Crippen molar-refractivity contribution in [2.45, 2.75) is 39.5 Å². The molecule has 0 atom stereocenters. The molecule has 0 radical (unpaired) electrons. The number of hydrogen-bond acceptors (Lipinski definition) is 4. The highest BCUT2D eigenvalue weighted by molar-refractivity contribution is 7.13. The summed E-state index contributed by atoms with van der Waals surface area (Å²) in [7, 11) is 0. The van der Waals surface area contributed by atoms with Crippen LogP contribution in [0.25, 0.3) is 10.8 Å². The normalized spacial score (nSPS) is 15.6. The van der Waals surface area contributed by atoms with Crippen molar-refractivity contribution < 1.29 is 4.79 Å². The fourth-order valence-corrected chi connectivity index (χ4v) is 4.71. The Bertz CT molecular complexity index is 971. The van der Waals surface area contributed by atoms with Crippen LogP contribution in [0.2, 0.25) is 0 Å². The molecule has 3 aromatic rings. The molecule has 1 amide bonds. The predicted octanol–water partition coefficient (Wildman–Crippen LogP) is 4.64. The summed E-state index contributed by atoms with van der Waals surface area (Å²) in [5, 5.41) is 3.43. The number of thiazole rings is 1. The van der Waals surface area contributed by atoms with Crippen LogP contribution in [-0.4, -0.2) is 33.9 Å². The van der Waals surface area contributed by atoms with Gasteiger partial charge in [0.2, 0.25) is 0 Å². The van der Waals surface area contributed by atoms with Gasteiger partial charge in [-0.15, -0.1) is 11.3 Å². The number of likely N-dealkylation sites (tertiary alicyclic amines) is 1. The molecule has 0 saturated carbocycles. The molecule has 0 N–H and O–H groups in total. The molecule has 1 aromatic carbocycles. The van der Waals surface area contributed by atoms with E-state index in [9.17, 15) is 4.79 Å². The van der Waals surface area contributed by atoms with Gasteiger partial charge >= 0.3 is 0 Å². The van der Waals surface area contributed by atoms with Crippen LogP contribution in [0.1, 0.15) is 50.4 Å². The zero-order valence-electron chi connectivity index (χ0n) is 15.5. The topological polar surface area (TPSA) is 46.1 Å². The first-order valence-electron chi connectivity index (χ1n) is 9.11. The monoisotopic (exact) mass is 365 g/mol. The van der Waals surface area contributed by atoms with Gasteiger partial charge in [-0.3, -0.25) is 9.78 Å². The minimum absolute atomic E-state index is 0.133. The molecule has 1 saturated heterocycles. The second-order valence-corrected chi connectivity index (χ2v) is 8.32. The summed E-state index contributed by atoms with van der Waals surface area (Å²) in [6.45, 7) is 7.59. The first-order chi connectivity index (χ1) is 12.5. The van der Waals surface area contributed by atoms with Crippen LogP contribution in [-0.2, 0) is 0 Å². The van der Waals surface area contributed by atoms with E-state index in [1.165, 1.54) is 27.7 Å². The molecule has 26 heavy (non-hydrogen) atoms. The maximum absolute atomic E-state index is 12.8. The van der Waals surface area contributed by atoms with Crippen molar-refractivity contribution in [1.29, 1.82) is 0 Å². The number of benzene rings is 1. The molecule has 4 nitrogen and oxygen atoms in total. The molecule has 3 heterocycles. The number of nitrogens with zero attached hydrogens (tertiary/aromatic N) is 3. The molecular formula is C21H23N3OS. The number of fused-ring (bicyclic) bond motifs is 1. The molecule has 4 rings (SSSR count). The smallest absolute Gasteiger partial charge is 0.265 e. The maximum atomic E-state index is 12.8. The van der Waals surface area contributed by atoms with Gasteiger partial charge in [0.15, 0.2) is 0 Å². The Balaban J connectivity index is 1.49. The standard InChI is InChI=1S/C21H23N3OS/c1-13-5-4-6-17-12-22-19(11-18(13)17)16-7-9-24(10-8-16)21(25)20-14(2)23-15(3)26-20/h4-6,11-12,16H,7-10H2,1-3H3. The van der Waals surface area contributed by atoms with Crippen molar-refractivity contribution in [3.05, 3.63) is 57.3 Å². The Hall–Kier alpha value is -2.27. The zero-order chi connectivity index (χ0) is 18.3. The molecule has 5 heteroatoms. The molecule has 0 spiro atoms. The number of carbonyl (C=O) groups excluding carboxylic acids is 1. The molecule has 0 aliphatic carbocycles. The van der Waals surface area contributed by atoms with Gasteiger partial charge in [0.05, 0.1) is 10.7 Å². The van der Waals surface area contributed by atoms with Gasteiger partial charge < -0.3 is 4.90 Å². The van der Waals surface area contributed by atoms with Gasteiger partial charge in [-0.2, -0.15) is 0 Å². The molecule has 1 aliphatic rings. The Labute approximate surface area is 157 Å². The molecule has 2 aromatic heterocycles. The highest BCUT2D eigenvalue weighted by atomic mass is 32.1. The summed E-state index contributed by atoms with van der Waals surface area (Å²) < 4.78 is 0. The third-order valence-corrected chi connectivity index (χ3v) is 6.36. The van der Waals surface area contributed by atoms with E-state index in [0.29, 0.717) is 5.92 Å².